The molecule has 1 aliphatic carbocycles. The zero-order valence-corrected chi connectivity index (χ0v) is 12.5. The molecule has 1 atom stereocenters. The molecule has 0 spiro atoms. The molecule has 0 amide bonds. The molecule has 18 heavy (non-hydrogen) atoms. The summed E-state index contributed by atoms with van der Waals surface area (Å²) >= 11 is 0. The van der Waals surface area contributed by atoms with Crippen LogP contribution in [0.1, 0.15) is 64.7 Å². The standard InChI is InChI=1S/C16H32N2/c1-3-6-14-8-10-15(11-9-14)18-12-5-4-7-16(18)13-17-2/h14-17H,3-13H2,1-2H3. The second-order valence-corrected chi connectivity index (χ2v) is 6.41. The first kappa shape index (κ1) is 14.3. The Morgan fingerprint density at radius 1 is 1.06 bits per heavy atom. The molecule has 2 rings (SSSR count). The maximum atomic E-state index is 3.39. The van der Waals surface area contributed by atoms with Crippen molar-refractivity contribution in [1.29, 1.82) is 0 Å². The molecule has 106 valence electrons. The summed E-state index contributed by atoms with van der Waals surface area (Å²) in [4.78, 5) is 2.85. The van der Waals surface area contributed by atoms with Gasteiger partial charge in [0.05, 0.1) is 0 Å². The minimum atomic E-state index is 0.816. The number of hydrogen-bond donors (Lipinski definition) is 1. The van der Waals surface area contributed by atoms with Gasteiger partial charge in [0.15, 0.2) is 0 Å². The third-order valence-corrected chi connectivity index (χ3v) is 5.09. The van der Waals surface area contributed by atoms with Crippen LogP contribution in [0.15, 0.2) is 0 Å². The van der Waals surface area contributed by atoms with Crippen LogP contribution in [0, 0.1) is 5.92 Å². The molecule has 2 heteroatoms. The van der Waals surface area contributed by atoms with Gasteiger partial charge < -0.3 is 5.32 Å². The fraction of sp³-hybridized carbons (Fsp3) is 1.00. The van der Waals surface area contributed by atoms with Crippen LogP contribution < -0.4 is 5.32 Å². The molecule has 0 aromatic carbocycles. The predicted octanol–water partition coefficient (Wildman–Crippen LogP) is 3.42. The molecule has 1 saturated carbocycles. The van der Waals surface area contributed by atoms with Crippen LogP contribution in [0.3, 0.4) is 0 Å². The monoisotopic (exact) mass is 252 g/mol. The van der Waals surface area contributed by atoms with E-state index in [0.717, 1.165) is 18.0 Å². The van der Waals surface area contributed by atoms with Gasteiger partial charge in [-0.2, -0.15) is 0 Å². The van der Waals surface area contributed by atoms with E-state index in [2.05, 4.69) is 24.2 Å². The topological polar surface area (TPSA) is 15.3 Å². The zero-order valence-electron chi connectivity index (χ0n) is 12.5. The molecule has 0 bridgehead atoms. The zero-order chi connectivity index (χ0) is 12.8. The normalized spacial score (nSPS) is 34.7. The lowest BCUT2D eigenvalue weighted by molar-refractivity contribution is 0.0622. The molecular weight excluding hydrogens is 220 g/mol. The van der Waals surface area contributed by atoms with Crippen molar-refractivity contribution in [3.8, 4) is 0 Å². The fourth-order valence-corrected chi connectivity index (χ4v) is 4.13. The number of rotatable bonds is 5. The van der Waals surface area contributed by atoms with Gasteiger partial charge in [0.1, 0.15) is 0 Å². The minimum Gasteiger partial charge on any atom is -0.318 e. The summed E-state index contributed by atoms with van der Waals surface area (Å²) in [6, 6.07) is 1.72. The van der Waals surface area contributed by atoms with E-state index in [0.29, 0.717) is 0 Å². The number of piperidine rings is 1. The highest BCUT2D eigenvalue weighted by Crippen LogP contribution is 2.33. The molecule has 0 aromatic heterocycles. The molecule has 1 N–H and O–H groups in total. The maximum absolute atomic E-state index is 3.39. The first-order chi connectivity index (χ1) is 8.85. The van der Waals surface area contributed by atoms with Crippen molar-refractivity contribution in [3.05, 3.63) is 0 Å². The van der Waals surface area contributed by atoms with Crippen LogP contribution in [0.4, 0.5) is 0 Å². The fourth-order valence-electron chi connectivity index (χ4n) is 4.13. The third kappa shape index (κ3) is 3.71. The molecule has 1 saturated heterocycles. The van der Waals surface area contributed by atoms with E-state index in [-0.39, 0.29) is 0 Å². The Labute approximate surface area is 114 Å². The SMILES string of the molecule is CCCC1CCC(N2CCCCC2CNC)CC1. The molecule has 1 heterocycles. The Kier molecular flexibility index (Phi) is 5.97. The first-order valence-corrected chi connectivity index (χ1v) is 8.25. The van der Waals surface area contributed by atoms with Gasteiger partial charge in [-0.25, -0.2) is 0 Å². The smallest absolute Gasteiger partial charge is 0.0223 e. The average Bonchev–Trinajstić information content (AvgIpc) is 2.41. The quantitative estimate of drug-likeness (QED) is 0.806. The lowest BCUT2D eigenvalue weighted by Crippen LogP contribution is -2.51. The van der Waals surface area contributed by atoms with Crippen molar-refractivity contribution >= 4 is 0 Å². The van der Waals surface area contributed by atoms with Crippen LogP contribution in [-0.2, 0) is 0 Å². The van der Waals surface area contributed by atoms with Gasteiger partial charge in [-0.15, -0.1) is 0 Å². The minimum absolute atomic E-state index is 0.816. The van der Waals surface area contributed by atoms with E-state index in [1.165, 1.54) is 70.9 Å². The van der Waals surface area contributed by atoms with E-state index in [1.807, 2.05) is 0 Å². The lowest BCUT2D eigenvalue weighted by Gasteiger charge is -2.44. The summed E-state index contributed by atoms with van der Waals surface area (Å²) in [5, 5.41) is 3.39. The summed E-state index contributed by atoms with van der Waals surface area (Å²) in [5.74, 6) is 1.04. The Hall–Kier alpha value is -0.0800. The van der Waals surface area contributed by atoms with Crippen LogP contribution in [0.2, 0.25) is 0 Å². The van der Waals surface area contributed by atoms with Gasteiger partial charge in [0.25, 0.3) is 0 Å². The number of likely N-dealkylation sites (tertiary alicyclic amines) is 1. The highest BCUT2D eigenvalue weighted by Gasteiger charge is 2.31. The van der Waals surface area contributed by atoms with Crippen molar-refractivity contribution in [3.63, 3.8) is 0 Å². The highest BCUT2D eigenvalue weighted by molar-refractivity contribution is 4.87. The number of nitrogens with one attached hydrogen (secondary N) is 1. The summed E-state index contributed by atoms with van der Waals surface area (Å²) in [6.45, 7) is 4.88. The first-order valence-electron chi connectivity index (χ1n) is 8.25. The predicted molar refractivity (Wildman–Crippen MR) is 78.9 cm³/mol. The van der Waals surface area contributed by atoms with Crippen LogP contribution in [0.5, 0.6) is 0 Å². The van der Waals surface area contributed by atoms with E-state index < -0.39 is 0 Å². The molecule has 1 aliphatic heterocycles. The van der Waals surface area contributed by atoms with E-state index >= 15 is 0 Å². The van der Waals surface area contributed by atoms with Crippen molar-refractivity contribution in [1.82, 2.24) is 10.2 Å². The van der Waals surface area contributed by atoms with Gasteiger partial charge in [-0.3, -0.25) is 4.90 Å². The second kappa shape index (κ2) is 7.49. The number of nitrogens with zero attached hydrogens (tertiary/aromatic N) is 1. The summed E-state index contributed by atoms with van der Waals surface area (Å²) in [6.07, 6.45) is 13.0. The average molecular weight is 252 g/mol. The Bertz CT molecular complexity index is 219. The highest BCUT2D eigenvalue weighted by atomic mass is 15.2. The summed E-state index contributed by atoms with van der Waals surface area (Å²) in [5.41, 5.74) is 0. The third-order valence-electron chi connectivity index (χ3n) is 5.09. The molecule has 0 aromatic rings. The van der Waals surface area contributed by atoms with Crippen molar-refractivity contribution in [2.45, 2.75) is 76.8 Å². The van der Waals surface area contributed by atoms with Gasteiger partial charge in [0.2, 0.25) is 0 Å². The van der Waals surface area contributed by atoms with Crippen LogP contribution in [-0.4, -0.2) is 37.1 Å². The summed E-state index contributed by atoms with van der Waals surface area (Å²) < 4.78 is 0. The number of hydrogen-bond acceptors (Lipinski definition) is 2. The van der Waals surface area contributed by atoms with E-state index in [4.69, 9.17) is 0 Å². The Balaban J connectivity index is 1.82. The van der Waals surface area contributed by atoms with Crippen molar-refractivity contribution in [2.24, 2.45) is 5.92 Å². The Morgan fingerprint density at radius 2 is 1.83 bits per heavy atom. The van der Waals surface area contributed by atoms with Gasteiger partial charge in [-0.1, -0.05) is 26.2 Å². The number of likely N-dealkylation sites (N-methyl/N-ethyl adjacent to an activating group) is 1. The van der Waals surface area contributed by atoms with Gasteiger partial charge >= 0.3 is 0 Å². The molecule has 2 aliphatic rings. The van der Waals surface area contributed by atoms with Gasteiger partial charge in [0, 0.05) is 18.6 Å². The van der Waals surface area contributed by atoms with Crippen LogP contribution in [0.25, 0.3) is 0 Å². The molecule has 2 fully saturated rings. The van der Waals surface area contributed by atoms with Crippen LogP contribution >= 0.6 is 0 Å². The van der Waals surface area contributed by atoms with E-state index in [9.17, 15) is 0 Å². The maximum Gasteiger partial charge on any atom is 0.0223 e. The molecule has 2 nitrogen and oxygen atoms in total. The second-order valence-electron chi connectivity index (χ2n) is 6.41. The van der Waals surface area contributed by atoms with Crippen molar-refractivity contribution in [2.75, 3.05) is 20.1 Å². The Morgan fingerprint density at radius 3 is 2.50 bits per heavy atom. The molecule has 1 unspecified atom stereocenters. The van der Waals surface area contributed by atoms with Gasteiger partial charge in [-0.05, 0) is 58.0 Å². The molecular formula is C16H32N2. The summed E-state index contributed by atoms with van der Waals surface area (Å²) in [7, 11) is 2.10. The molecule has 0 radical (unpaired) electrons. The van der Waals surface area contributed by atoms with Crippen molar-refractivity contribution < 1.29 is 0 Å². The lowest BCUT2D eigenvalue weighted by atomic mass is 9.82. The van der Waals surface area contributed by atoms with E-state index in [1.54, 1.807) is 0 Å². The largest absolute Gasteiger partial charge is 0.318 e.